The highest BCUT2D eigenvalue weighted by Gasteiger charge is 2.17. The maximum absolute atomic E-state index is 9.59. The van der Waals surface area contributed by atoms with Gasteiger partial charge in [-0.25, -0.2) is 4.98 Å². The summed E-state index contributed by atoms with van der Waals surface area (Å²) in [5.41, 5.74) is 0.532. The van der Waals surface area contributed by atoms with Crippen molar-refractivity contribution >= 4 is 11.6 Å². The summed E-state index contributed by atoms with van der Waals surface area (Å²) in [5, 5.41) is 18.9. The maximum atomic E-state index is 9.59. The van der Waals surface area contributed by atoms with Crippen molar-refractivity contribution in [3.05, 3.63) is 23.9 Å². The van der Waals surface area contributed by atoms with Gasteiger partial charge in [0.15, 0.2) is 0 Å². The summed E-state index contributed by atoms with van der Waals surface area (Å²) in [6, 6.07) is 3.16. The van der Waals surface area contributed by atoms with Crippen LogP contribution in [0.4, 0.5) is 0 Å². The van der Waals surface area contributed by atoms with Crippen molar-refractivity contribution in [3.63, 3.8) is 0 Å². The Morgan fingerprint density at radius 3 is 2.86 bits per heavy atom. The molecule has 0 aliphatic heterocycles. The number of halogens is 1. The zero-order chi connectivity index (χ0) is 10.6. The molecule has 0 aromatic carbocycles. The number of pyridine rings is 1. The number of aliphatic hydroxyl groups is 2. The van der Waals surface area contributed by atoms with E-state index in [-0.39, 0.29) is 5.88 Å². The van der Waals surface area contributed by atoms with E-state index >= 15 is 0 Å². The third-order valence-corrected chi connectivity index (χ3v) is 2.15. The molecule has 2 atom stereocenters. The van der Waals surface area contributed by atoms with E-state index in [9.17, 15) is 10.2 Å². The molecule has 4 nitrogen and oxygen atoms in total. The summed E-state index contributed by atoms with van der Waals surface area (Å²) in [4.78, 5) is 3.88. The van der Waals surface area contributed by atoms with Crippen LogP contribution in [0.1, 0.15) is 11.7 Å². The summed E-state index contributed by atoms with van der Waals surface area (Å²) >= 11 is 5.41. The van der Waals surface area contributed by atoms with Gasteiger partial charge in [-0.1, -0.05) is 0 Å². The summed E-state index contributed by atoms with van der Waals surface area (Å²) in [6.45, 7) is 0. The second kappa shape index (κ2) is 5.14. The highest BCUT2D eigenvalue weighted by molar-refractivity contribution is 6.18. The number of hydrogen-bond acceptors (Lipinski definition) is 4. The van der Waals surface area contributed by atoms with E-state index in [0.717, 1.165) is 0 Å². The first-order chi connectivity index (χ1) is 6.69. The molecule has 1 heterocycles. The van der Waals surface area contributed by atoms with Crippen molar-refractivity contribution in [2.24, 2.45) is 0 Å². The van der Waals surface area contributed by atoms with E-state index in [4.69, 9.17) is 16.3 Å². The van der Waals surface area contributed by atoms with E-state index in [1.165, 1.54) is 13.3 Å². The molecule has 1 rings (SSSR count). The Kier molecular flexibility index (Phi) is 4.13. The monoisotopic (exact) mass is 217 g/mol. The lowest BCUT2D eigenvalue weighted by Gasteiger charge is -2.15. The van der Waals surface area contributed by atoms with Gasteiger partial charge in [-0.3, -0.25) is 0 Å². The van der Waals surface area contributed by atoms with E-state index in [1.807, 2.05) is 0 Å². The molecule has 0 aliphatic rings. The molecular weight excluding hydrogens is 206 g/mol. The fraction of sp³-hybridized carbons (Fsp3) is 0.444. The molecule has 14 heavy (non-hydrogen) atoms. The molecule has 78 valence electrons. The lowest BCUT2D eigenvalue weighted by molar-refractivity contribution is 0.0325. The van der Waals surface area contributed by atoms with Gasteiger partial charge < -0.3 is 14.9 Å². The zero-order valence-electron chi connectivity index (χ0n) is 7.72. The first kappa shape index (κ1) is 11.2. The van der Waals surface area contributed by atoms with Gasteiger partial charge >= 0.3 is 0 Å². The van der Waals surface area contributed by atoms with Crippen LogP contribution < -0.4 is 4.74 Å². The molecule has 0 saturated heterocycles. The molecule has 0 amide bonds. The lowest BCUT2D eigenvalue weighted by atomic mass is 10.1. The van der Waals surface area contributed by atoms with E-state index in [2.05, 4.69) is 4.98 Å². The molecule has 2 N–H and O–H groups in total. The summed E-state index contributed by atoms with van der Waals surface area (Å²) in [5.74, 6) is 0.370. The Hall–Kier alpha value is -0.840. The first-order valence-electron chi connectivity index (χ1n) is 4.11. The molecule has 0 bridgehead atoms. The van der Waals surface area contributed by atoms with Gasteiger partial charge in [0.1, 0.15) is 6.10 Å². The van der Waals surface area contributed by atoms with Gasteiger partial charge in [-0.05, 0) is 11.6 Å². The predicted octanol–water partition coefficient (Wildman–Crippen LogP) is 0.723. The van der Waals surface area contributed by atoms with Crippen LogP contribution in [-0.4, -0.2) is 34.3 Å². The van der Waals surface area contributed by atoms with Crippen LogP contribution in [0, 0.1) is 0 Å². The van der Waals surface area contributed by atoms with Crippen molar-refractivity contribution in [2.45, 2.75) is 12.2 Å². The SMILES string of the molecule is COc1cc(C(O)C(O)CCl)ccn1. The minimum atomic E-state index is -1.01. The minimum Gasteiger partial charge on any atom is -0.481 e. The average Bonchev–Trinajstić information content (AvgIpc) is 2.27. The average molecular weight is 218 g/mol. The number of hydrogen-bond donors (Lipinski definition) is 2. The van der Waals surface area contributed by atoms with Crippen LogP contribution in [0.2, 0.25) is 0 Å². The van der Waals surface area contributed by atoms with Crippen molar-refractivity contribution in [2.75, 3.05) is 13.0 Å². The zero-order valence-corrected chi connectivity index (χ0v) is 8.48. The van der Waals surface area contributed by atoms with E-state index in [1.54, 1.807) is 12.1 Å². The van der Waals surface area contributed by atoms with Crippen LogP contribution >= 0.6 is 11.6 Å². The largest absolute Gasteiger partial charge is 0.481 e. The third-order valence-electron chi connectivity index (χ3n) is 1.83. The molecule has 5 heteroatoms. The van der Waals surface area contributed by atoms with E-state index in [0.29, 0.717) is 11.4 Å². The fourth-order valence-corrected chi connectivity index (χ4v) is 1.20. The standard InChI is InChI=1S/C9H12ClNO3/c1-14-8-4-6(2-3-11-8)9(13)7(12)5-10/h2-4,7,9,12-13H,5H2,1H3. The number of rotatable bonds is 4. The number of alkyl halides is 1. The molecular formula is C9H12ClNO3. The lowest BCUT2D eigenvalue weighted by Crippen LogP contribution is -2.19. The second-order valence-electron chi connectivity index (χ2n) is 2.80. The number of ether oxygens (including phenoxy) is 1. The third kappa shape index (κ3) is 2.57. The molecule has 0 aliphatic carbocycles. The Balaban J connectivity index is 2.83. The number of aliphatic hydroxyl groups excluding tert-OH is 2. The quantitative estimate of drug-likeness (QED) is 0.730. The minimum absolute atomic E-state index is 0.0220. The molecule has 0 spiro atoms. The van der Waals surface area contributed by atoms with Gasteiger partial charge in [-0.15, -0.1) is 11.6 Å². The number of nitrogens with zero attached hydrogens (tertiary/aromatic N) is 1. The van der Waals surface area contributed by atoms with E-state index < -0.39 is 12.2 Å². The highest BCUT2D eigenvalue weighted by atomic mass is 35.5. The van der Waals surface area contributed by atoms with Gasteiger partial charge in [-0.2, -0.15) is 0 Å². The Labute approximate surface area is 87.1 Å². The number of aromatic nitrogens is 1. The topological polar surface area (TPSA) is 62.6 Å². The van der Waals surface area contributed by atoms with Crippen molar-refractivity contribution in [3.8, 4) is 5.88 Å². The predicted molar refractivity (Wildman–Crippen MR) is 52.5 cm³/mol. The van der Waals surface area contributed by atoms with Crippen LogP contribution in [0.25, 0.3) is 0 Å². The van der Waals surface area contributed by atoms with Crippen molar-refractivity contribution in [1.82, 2.24) is 4.98 Å². The van der Waals surface area contributed by atoms with Crippen LogP contribution in [0.15, 0.2) is 18.3 Å². The van der Waals surface area contributed by atoms with Crippen LogP contribution in [0.3, 0.4) is 0 Å². The summed E-state index contributed by atoms with van der Waals surface area (Å²) in [7, 11) is 1.48. The van der Waals surface area contributed by atoms with Crippen molar-refractivity contribution in [1.29, 1.82) is 0 Å². The van der Waals surface area contributed by atoms with Crippen LogP contribution in [-0.2, 0) is 0 Å². The summed E-state index contributed by atoms with van der Waals surface area (Å²) < 4.78 is 4.88. The maximum Gasteiger partial charge on any atom is 0.213 e. The molecule has 2 unspecified atom stereocenters. The van der Waals surface area contributed by atoms with Crippen LogP contribution in [0.5, 0.6) is 5.88 Å². The van der Waals surface area contributed by atoms with Gasteiger partial charge in [0.2, 0.25) is 5.88 Å². The molecule has 1 aromatic rings. The first-order valence-corrected chi connectivity index (χ1v) is 4.64. The Morgan fingerprint density at radius 1 is 1.57 bits per heavy atom. The smallest absolute Gasteiger partial charge is 0.213 e. The number of methoxy groups -OCH3 is 1. The second-order valence-corrected chi connectivity index (χ2v) is 3.11. The Bertz CT molecular complexity index is 295. The fourth-order valence-electron chi connectivity index (χ4n) is 1.03. The molecule has 0 saturated carbocycles. The molecule has 0 radical (unpaired) electrons. The van der Waals surface area contributed by atoms with Gasteiger partial charge in [0, 0.05) is 12.3 Å². The summed E-state index contributed by atoms with van der Waals surface area (Å²) in [6.07, 6.45) is -0.494. The highest BCUT2D eigenvalue weighted by Crippen LogP contribution is 2.20. The normalized spacial score (nSPS) is 14.9. The Morgan fingerprint density at radius 2 is 2.29 bits per heavy atom. The molecule has 0 fully saturated rings. The van der Waals surface area contributed by atoms with Gasteiger partial charge in [0.05, 0.1) is 19.1 Å². The molecule has 1 aromatic heterocycles. The van der Waals surface area contributed by atoms with Crippen molar-refractivity contribution < 1.29 is 14.9 Å². The van der Waals surface area contributed by atoms with Gasteiger partial charge in [0.25, 0.3) is 0 Å².